The van der Waals surface area contributed by atoms with E-state index < -0.39 is 0 Å². The second-order valence-corrected chi connectivity index (χ2v) is 5.77. The number of aryl methyl sites for hydroxylation is 1. The lowest BCUT2D eigenvalue weighted by Crippen LogP contribution is -2.42. The molecule has 1 nitrogen and oxygen atoms in total. The van der Waals surface area contributed by atoms with Gasteiger partial charge in [0, 0.05) is 12.0 Å². The first kappa shape index (κ1) is 12.6. The molecule has 1 aliphatic carbocycles. The molecule has 1 heteroatoms. The molecule has 0 bridgehead atoms. The Balaban J connectivity index is 2.48. The first-order chi connectivity index (χ1) is 8.13. The third-order valence-corrected chi connectivity index (χ3v) is 4.42. The van der Waals surface area contributed by atoms with Crippen LogP contribution in [0.15, 0.2) is 18.2 Å². The zero-order chi connectivity index (χ0) is 12.5. The summed E-state index contributed by atoms with van der Waals surface area (Å²) in [6.07, 6.45) is 5.00. The average Bonchev–Trinajstić information content (AvgIpc) is 2.28. The Morgan fingerprint density at radius 2 is 2.00 bits per heavy atom. The predicted molar refractivity (Wildman–Crippen MR) is 74.5 cm³/mol. The van der Waals surface area contributed by atoms with Crippen LogP contribution in [0.4, 0.5) is 0 Å². The third-order valence-electron chi connectivity index (χ3n) is 4.42. The summed E-state index contributed by atoms with van der Waals surface area (Å²) in [7, 11) is 0. The van der Waals surface area contributed by atoms with Gasteiger partial charge >= 0.3 is 0 Å². The third kappa shape index (κ3) is 2.13. The molecule has 0 amide bonds. The zero-order valence-corrected chi connectivity index (χ0v) is 11.4. The highest BCUT2D eigenvalue weighted by atomic mass is 14.6. The zero-order valence-electron chi connectivity index (χ0n) is 11.4. The Kier molecular flexibility index (Phi) is 3.58. The van der Waals surface area contributed by atoms with Crippen LogP contribution in [-0.2, 0) is 11.8 Å². The van der Waals surface area contributed by atoms with E-state index in [0.29, 0.717) is 11.3 Å². The van der Waals surface area contributed by atoms with Crippen molar-refractivity contribution in [3.8, 4) is 0 Å². The molecule has 0 saturated heterocycles. The lowest BCUT2D eigenvalue weighted by molar-refractivity contribution is 0.250. The molecule has 0 heterocycles. The highest BCUT2D eigenvalue weighted by Crippen LogP contribution is 2.45. The molecule has 0 spiro atoms. The van der Waals surface area contributed by atoms with Crippen molar-refractivity contribution < 1.29 is 0 Å². The van der Waals surface area contributed by atoms with Crippen LogP contribution in [0.5, 0.6) is 0 Å². The maximum atomic E-state index is 6.06. The average molecular weight is 231 g/mol. The summed E-state index contributed by atoms with van der Waals surface area (Å²) >= 11 is 0. The minimum atomic E-state index is 0.296. The summed E-state index contributed by atoms with van der Waals surface area (Å²) in [6.45, 7) is 7.60. The van der Waals surface area contributed by atoms with E-state index in [1.54, 1.807) is 5.56 Å². The van der Waals surface area contributed by atoms with E-state index in [-0.39, 0.29) is 0 Å². The van der Waals surface area contributed by atoms with Gasteiger partial charge in [0.2, 0.25) is 0 Å². The molecule has 1 fully saturated rings. The number of nitrogens with two attached hydrogens (primary N) is 1. The van der Waals surface area contributed by atoms with E-state index in [4.69, 9.17) is 5.73 Å². The van der Waals surface area contributed by atoms with E-state index in [2.05, 4.69) is 39.0 Å². The van der Waals surface area contributed by atoms with Crippen LogP contribution in [0.2, 0.25) is 0 Å². The molecule has 0 aromatic heterocycles. The van der Waals surface area contributed by atoms with Crippen molar-refractivity contribution in [3.05, 3.63) is 34.9 Å². The molecule has 1 aliphatic rings. The minimum Gasteiger partial charge on any atom is -0.330 e. The van der Waals surface area contributed by atoms with Crippen molar-refractivity contribution in [1.29, 1.82) is 0 Å². The van der Waals surface area contributed by atoms with Crippen LogP contribution in [-0.4, -0.2) is 6.54 Å². The monoisotopic (exact) mass is 231 g/mol. The Bertz CT molecular complexity index is 383. The Morgan fingerprint density at radius 3 is 2.41 bits per heavy atom. The molecule has 0 aliphatic heterocycles. The molecule has 1 aromatic rings. The number of hydrogen-bond donors (Lipinski definition) is 1. The normalized spacial score (nSPS) is 18.2. The van der Waals surface area contributed by atoms with Crippen molar-refractivity contribution in [3.63, 3.8) is 0 Å². The van der Waals surface area contributed by atoms with E-state index in [1.165, 1.54) is 30.4 Å². The van der Waals surface area contributed by atoms with Gasteiger partial charge in [0.1, 0.15) is 0 Å². The molecule has 2 N–H and O–H groups in total. The molecule has 94 valence electrons. The smallest absolute Gasteiger partial charge is 0.00785 e. The standard InChI is InChI=1S/C16H25N/c1-4-13-6-7-14(12(2)3)15(10-13)16(11-17)8-5-9-16/h6-7,10,12H,4-5,8-9,11,17H2,1-3H3. The summed E-state index contributed by atoms with van der Waals surface area (Å²) in [5, 5.41) is 0. The first-order valence-electron chi connectivity index (χ1n) is 6.96. The number of benzene rings is 1. The van der Waals surface area contributed by atoms with E-state index in [0.717, 1.165) is 13.0 Å². The van der Waals surface area contributed by atoms with Gasteiger partial charge in [-0.2, -0.15) is 0 Å². The van der Waals surface area contributed by atoms with Crippen LogP contribution in [0, 0.1) is 0 Å². The largest absolute Gasteiger partial charge is 0.330 e. The van der Waals surface area contributed by atoms with Crippen LogP contribution < -0.4 is 5.73 Å². The summed E-state index contributed by atoms with van der Waals surface area (Å²) in [5.41, 5.74) is 10.9. The molecule has 0 atom stereocenters. The summed E-state index contributed by atoms with van der Waals surface area (Å²) in [5.74, 6) is 0.597. The fourth-order valence-corrected chi connectivity index (χ4v) is 2.97. The molecule has 1 aromatic carbocycles. The molecular weight excluding hydrogens is 206 g/mol. The van der Waals surface area contributed by atoms with Crippen molar-refractivity contribution >= 4 is 0 Å². The SMILES string of the molecule is CCc1ccc(C(C)C)c(C2(CN)CCC2)c1. The van der Waals surface area contributed by atoms with Gasteiger partial charge in [-0.05, 0) is 41.9 Å². The Morgan fingerprint density at radius 1 is 1.29 bits per heavy atom. The summed E-state index contributed by atoms with van der Waals surface area (Å²) in [4.78, 5) is 0. The van der Waals surface area contributed by atoms with Crippen molar-refractivity contribution in [2.45, 2.75) is 57.8 Å². The number of rotatable bonds is 4. The van der Waals surface area contributed by atoms with Gasteiger partial charge in [-0.3, -0.25) is 0 Å². The van der Waals surface area contributed by atoms with Gasteiger partial charge < -0.3 is 5.73 Å². The topological polar surface area (TPSA) is 26.0 Å². The molecule has 17 heavy (non-hydrogen) atoms. The fraction of sp³-hybridized carbons (Fsp3) is 0.625. The maximum Gasteiger partial charge on any atom is 0.00785 e. The van der Waals surface area contributed by atoms with Crippen LogP contribution in [0.25, 0.3) is 0 Å². The molecule has 0 radical (unpaired) electrons. The van der Waals surface area contributed by atoms with Gasteiger partial charge in [-0.15, -0.1) is 0 Å². The van der Waals surface area contributed by atoms with Gasteiger partial charge in [0.15, 0.2) is 0 Å². The van der Waals surface area contributed by atoms with E-state index in [1.807, 2.05) is 0 Å². The second-order valence-electron chi connectivity index (χ2n) is 5.77. The van der Waals surface area contributed by atoms with Crippen molar-refractivity contribution in [2.75, 3.05) is 6.54 Å². The fourth-order valence-electron chi connectivity index (χ4n) is 2.97. The van der Waals surface area contributed by atoms with Gasteiger partial charge in [-0.1, -0.05) is 45.4 Å². The van der Waals surface area contributed by atoms with Crippen LogP contribution in [0.1, 0.15) is 62.6 Å². The molecular formula is C16H25N. The lowest BCUT2D eigenvalue weighted by atomic mass is 9.62. The van der Waals surface area contributed by atoms with E-state index >= 15 is 0 Å². The van der Waals surface area contributed by atoms with Crippen LogP contribution in [0.3, 0.4) is 0 Å². The highest BCUT2D eigenvalue weighted by molar-refractivity contribution is 5.41. The predicted octanol–water partition coefficient (Wildman–Crippen LogP) is 3.75. The second kappa shape index (κ2) is 4.81. The summed E-state index contributed by atoms with van der Waals surface area (Å²) < 4.78 is 0. The van der Waals surface area contributed by atoms with E-state index in [9.17, 15) is 0 Å². The quantitative estimate of drug-likeness (QED) is 0.839. The van der Waals surface area contributed by atoms with Gasteiger partial charge in [0.05, 0.1) is 0 Å². The minimum absolute atomic E-state index is 0.296. The summed E-state index contributed by atoms with van der Waals surface area (Å²) in [6, 6.07) is 7.03. The number of hydrogen-bond acceptors (Lipinski definition) is 1. The molecule has 0 unspecified atom stereocenters. The van der Waals surface area contributed by atoms with Crippen molar-refractivity contribution in [1.82, 2.24) is 0 Å². The van der Waals surface area contributed by atoms with Crippen molar-refractivity contribution in [2.24, 2.45) is 5.73 Å². The van der Waals surface area contributed by atoms with Gasteiger partial charge in [-0.25, -0.2) is 0 Å². The Labute approximate surface area is 105 Å². The Hall–Kier alpha value is -0.820. The first-order valence-corrected chi connectivity index (χ1v) is 6.96. The highest BCUT2D eigenvalue weighted by Gasteiger charge is 2.39. The van der Waals surface area contributed by atoms with Gasteiger partial charge in [0.25, 0.3) is 0 Å². The maximum absolute atomic E-state index is 6.06. The lowest BCUT2D eigenvalue weighted by Gasteiger charge is -2.43. The molecule has 1 saturated carbocycles. The molecule has 2 rings (SSSR count). The van der Waals surface area contributed by atoms with Crippen LogP contribution >= 0.6 is 0 Å².